The maximum absolute atomic E-state index is 13.3. The number of esters is 1. The van der Waals surface area contributed by atoms with Crippen molar-refractivity contribution >= 4 is 40.1 Å². The Bertz CT molecular complexity index is 1420. The van der Waals surface area contributed by atoms with Crippen molar-refractivity contribution in [2.45, 2.75) is 45.4 Å². The molecule has 0 aliphatic carbocycles. The van der Waals surface area contributed by atoms with Gasteiger partial charge in [-0.25, -0.2) is 4.79 Å². The number of rotatable bonds is 5. The van der Waals surface area contributed by atoms with E-state index in [4.69, 9.17) is 4.74 Å². The molecule has 0 fully saturated rings. The van der Waals surface area contributed by atoms with E-state index in [1.54, 1.807) is 62.4 Å². The monoisotopic (exact) mass is 464 g/mol. The number of aromatic nitrogens is 2. The molecule has 2 N–H and O–H groups in total. The fourth-order valence-electron chi connectivity index (χ4n) is 4.00. The highest BCUT2D eigenvalue weighted by Crippen LogP contribution is 2.37. The number of fused-ring (bicyclic) bond motifs is 2. The third-order valence-electron chi connectivity index (χ3n) is 5.83. The largest absolute Gasteiger partial charge is 0.452 e. The van der Waals surface area contributed by atoms with Gasteiger partial charge < -0.3 is 10.1 Å². The number of aromatic amines is 1. The number of hydrogen-bond donors (Lipinski definition) is 2. The molecule has 1 aliphatic heterocycles. The molecule has 10 heteroatoms. The molecule has 4 rings (SSSR count). The molecule has 1 aromatic heterocycles. The molecule has 1 atom stereocenters. The molecule has 2 amide bonds. The quantitative estimate of drug-likeness (QED) is 0.554. The summed E-state index contributed by atoms with van der Waals surface area (Å²) in [7, 11) is 0. The van der Waals surface area contributed by atoms with E-state index in [1.165, 1.54) is 16.4 Å². The highest BCUT2D eigenvalue weighted by atomic mass is 16.5. The first kappa shape index (κ1) is 23.0. The van der Waals surface area contributed by atoms with Gasteiger partial charge in [0.25, 0.3) is 11.5 Å². The van der Waals surface area contributed by atoms with Crippen LogP contribution in [0.5, 0.6) is 0 Å². The molecule has 0 spiro atoms. The predicted octanol–water partition coefficient (Wildman–Crippen LogP) is 1.78. The number of para-hydroxylation sites is 3. The van der Waals surface area contributed by atoms with Gasteiger partial charge in [-0.15, -0.1) is 0 Å². The van der Waals surface area contributed by atoms with Crippen LogP contribution in [0.15, 0.2) is 58.1 Å². The van der Waals surface area contributed by atoms with Crippen LogP contribution in [-0.2, 0) is 25.7 Å². The summed E-state index contributed by atoms with van der Waals surface area (Å²) >= 11 is 0. The third kappa shape index (κ3) is 3.98. The zero-order valence-electron chi connectivity index (χ0n) is 19.0. The van der Waals surface area contributed by atoms with E-state index in [0.29, 0.717) is 22.3 Å². The van der Waals surface area contributed by atoms with Crippen LogP contribution in [0.3, 0.4) is 0 Å². The van der Waals surface area contributed by atoms with Crippen molar-refractivity contribution in [3.05, 3.63) is 69.4 Å². The van der Waals surface area contributed by atoms with Crippen LogP contribution in [0.2, 0.25) is 0 Å². The SMILES string of the molecule is C[C@@H](OC(=O)CCn1c(=O)[nH]c(=O)c2ccccc21)C(=O)N1c2ccccc2NC(=O)C1(C)C. The normalized spacial score (nSPS) is 15.4. The van der Waals surface area contributed by atoms with E-state index in [0.717, 1.165) is 0 Å². The molecular formula is C24H24N4O6. The highest BCUT2D eigenvalue weighted by Gasteiger charge is 2.45. The average molecular weight is 464 g/mol. The van der Waals surface area contributed by atoms with Gasteiger partial charge in [0, 0.05) is 6.54 Å². The van der Waals surface area contributed by atoms with E-state index in [-0.39, 0.29) is 18.9 Å². The molecule has 10 nitrogen and oxygen atoms in total. The van der Waals surface area contributed by atoms with E-state index >= 15 is 0 Å². The number of anilines is 2. The second kappa shape index (κ2) is 8.62. The fraction of sp³-hybridized carbons (Fsp3) is 0.292. The van der Waals surface area contributed by atoms with E-state index in [2.05, 4.69) is 10.3 Å². The molecule has 176 valence electrons. The van der Waals surface area contributed by atoms with E-state index < -0.39 is 34.8 Å². The molecule has 0 saturated carbocycles. The van der Waals surface area contributed by atoms with Crippen LogP contribution >= 0.6 is 0 Å². The summed E-state index contributed by atoms with van der Waals surface area (Å²) in [6, 6.07) is 13.4. The predicted molar refractivity (Wildman–Crippen MR) is 126 cm³/mol. The Hall–Kier alpha value is -4.21. The standard InChI is InChI=1S/C24H24N4O6/c1-14(21(31)28-18-11-7-5-9-16(18)25-22(32)24(28,2)3)34-19(29)12-13-27-17-10-6-4-8-15(17)20(30)26-23(27)33/h4-11,14H,12-13H2,1-3H3,(H,25,32)(H,26,30,33)/t14-/m1/s1. The third-order valence-corrected chi connectivity index (χ3v) is 5.83. The maximum atomic E-state index is 13.3. The molecule has 0 bridgehead atoms. The van der Waals surface area contributed by atoms with Crippen LogP contribution in [0, 0.1) is 0 Å². The summed E-state index contributed by atoms with van der Waals surface area (Å²) in [4.78, 5) is 66.2. The van der Waals surface area contributed by atoms with Crippen LogP contribution in [0.4, 0.5) is 11.4 Å². The Morgan fingerprint density at radius 1 is 1.03 bits per heavy atom. The first-order valence-corrected chi connectivity index (χ1v) is 10.8. The van der Waals surface area contributed by atoms with Crippen LogP contribution < -0.4 is 21.5 Å². The van der Waals surface area contributed by atoms with Crippen molar-refractivity contribution in [1.29, 1.82) is 0 Å². The lowest BCUT2D eigenvalue weighted by Crippen LogP contribution is -2.60. The summed E-state index contributed by atoms with van der Waals surface area (Å²) < 4.78 is 6.63. The second-order valence-electron chi connectivity index (χ2n) is 8.51. The number of H-pyrrole nitrogens is 1. The number of amides is 2. The average Bonchev–Trinajstić information content (AvgIpc) is 2.79. The number of carbonyl (C=O) groups is 3. The molecule has 1 aliphatic rings. The fourth-order valence-corrected chi connectivity index (χ4v) is 4.00. The van der Waals surface area contributed by atoms with E-state index in [1.807, 2.05) is 0 Å². The molecule has 0 radical (unpaired) electrons. The molecule has 0 saturated heterocycles. The Balaban J connectivity index is 1.50. The second-order valence-corrected chi connectivity index (χ2v) is 8.51. The van der Waals surface area contributed by atoms with Gasteiger partial charge in [-0.2, -0.15) is 0 Å². The van der Waals surface area contributed by atoms with Gasteiger partial charge in [0.05, 0.1) is 28.7 Å². The molecule has 2 aromatic carbocycles. The molecule has 2 heterocycles. The van der Waals surface area contributed by atoms with Crippen LogP contribution in [0.25, 0.3) is 10.9 Å². The lowest BCUT2D eigenvalue weighted by Gasteiger charge is -2.42. The number of nitrogens with one attached hydrogen (secondary N) is 2. The van der Waals surface area contributed by atoms with Crippen molar-refractivity contribution < 1.29 is 19.1 Å². The zero-order chi connectivity index (χ0) is 24.6. The highest BCUT2D eigenvalue weighted by molar-refractivity contribution is 6.15. The first-order chi connectivity index (χ1) is 16.1. The molecule has 0 unspecified atom stereocenters. The topological polar surface area (TPSA) is 131 Å². The summed E-state index contributed by atoms with van der Waals surface area (Å²) in [6.07, 6.45) is -1.37. The van der Waals surface area contributed by atoms with Crippen molar-refractivity contribution in [3.63, 3.8) is 0 Å². The zero-order valence-corrected chi connectivity index (χ0v) is 19.0. The number of benzene rings is 2. The van der Waals surface area contributed by atoms with Crippen molar-refractivity contribution in [2.24, 2.45) is 0 Å². The number of carbonyl (C=O) groups excluding carboxylic acids is 3. The van der Waals surface area contributed by atoms with Crippen molar-refractivity contribution in [2.75, 3.05) is 10.2 Å². The minimum Gasteiger partial charge on any atom is -0.452 e. The summed E-state index contributed by atoms with van der Waals surface area (Å²) in [5, 5.41) is 3.10. The minimum atomic E-state index is -1.20. The summed E-state index contributed by atoms with van der Waals surface area (Å²) in [5.41, 5.74) is -0.959. The maximum Gasteiger partial charge on any atom is 0.328 e. The Morgan fingerprint density at radius 3 is 2.47 bits per heavy atom. The summed E-state index contributed by atoms with van der Waals surface area (Å²) in [6.45, 7) is 4.61. The number of nitrogens with zero attached hydrogens (tertiary/aromatic N) is 2. The minimum absolute atomic E-state index is 0.0453. The van der Waals surface area contributed by atoms with Crippen molar-refractivity contribution in [3.8, 4) is 0 Å². The van der Waals surface area contributed by atoms with Gasteiger partial charge in [-0.3, -0.25) is 33.6 Å². The molecular weight excluding hydrogens is 440 g/mol. The Labute approximate surface area is 194 Å². The van der Waals surface area contributed by atoms with Crippen LogP contribution in [0.1, 0.15) is 27.2 Å². The Kier molecular flexibility index (Phi) is 5.82. The lowest BCUT2D eigenvalue weighted by atomic mass is 9.95. The smallest absolute Gasteiger partial charge is 0.328 e. The molecule has 34 heavy (non-hydrogen) atoms. The Morgan fingerprint density at radius 2 is 1.71 bits per heavy atom. The summed E-state index contributed by atoms with van der Waals surface area (Å²) in [5.74, 6) is -1.61. The van der Waals surface area contributed by atoms with Gasteiger partial charge in [0.2, 0.25) is 5.91 Å². The number of aryl methyl sites for hydroxylation is 1. The van der Waals surface area contributed by atoms with Gasteiger partial charge in [0.1, 0.15) is 5.54 Å². The van der Waals surface area contributed by atoms with Gasteiger partial charge in [0.15, 0.2) is 6.10 Å². The van der Waals surface area contributed by atoms with Crippen LogP contribution in [-0.4, -0.2) is 39.0 Å². The lowest BCUT2D eigenvalue weighted by molar-refractivity contribution is -0.154. The van der Waals surface area contributed by atoms with Gasteiger partial charge in [-0.1, -0.05) is 24.3 Å². The van der Waals surface area contributed by atoms with Gasteiger partial charge >= 0.3 is 11.7 Å². The van der Waals surface area contributed by atoms with Gasteiger partial charge in [-0.05, 0) is 45.0 Å². The number of ether oxygens (including phenoxy) is 1. The first-order valence-electron chi connectivity index (χ1n) is 10.8. The number of hydrogen-bond acceptors (Lipinski definition) is 6. The van der Waals surface area contributed by atoms with E-state index in [9.17, 15) is 24.0 Å². The van der Waals surface area contributed by atoms with Crippen molar-refractivity contribution in [1.82, 2.24) is 9.55 Å². The molecule has 3 aromatic rings.